The molecule has 0 spiro atoms. The van der Waals surface area contributed by atoms with Crippen LogP contribution in [-0.4, -0.2) is 18.4 Å². The normalized spacial score (nSPS) is 9.17. The lowest BCUT2D eigenvalue weighted by Crippen LogP contribution is -2.41. The van der Waals surface area contributed by atoms with Gasteiger partial charge in [0.25, 0.3) is 0 Å². The molecule has 2 amide bonds. The van der Waals surface area contributed by atoms with E-state index < -0.39 is 11.8 Å². The Kier molecular flexibility index (Phi) is 5.88. The third-order valence-electron chi connectivity index (χ3n) is 0.889. The average Bonchev–Trinajstić information content (AvgIpc) is 2.05. The van der Waals surface area contributed by atoms with Crippen LogP contribution in [0.25, 0.3) is 0 Å². The SMILES string of the molecule is CCONNC(=O)CC(=O)NN. The zero-order chi connectivity index (χ0) is 9.40. The second-order valence-corrected chi connectivity index (χ2v) is 1.83. The minimum Gasteiger partial charge on any atom is -0.294 e. The molecule has 7 heteroatoms. The fraction of sp³-hybridized carbons (Fsp3) is 0.600. The molecule has 0 atom stereocenters. The highest BCUT2D eigenvalue weighted by molar-refractivity contribution is 5.96. The first-order chi connectivity index (χ1) is 5.70. The Labute approximate surface area is 69.5 Å². The molecule has 5 N–H and O–H groups in total. The van der Waals surface area contributed by atoms with Crippen LogP contribution in [-0.2, 0) is 14.4 Å². The summed E-state index contributed by atoms with van der Waals surface area (Å²) in [5.41, 5.74) is 6.08. The number of rotatable bonds is 5. The van der Waals surface area contributed by atoms with Gasteiger partial charge >= 0.3 is 0 Å². The molecule has 70 valence electrons. The van der Waals surface area contributed by atoms with Crippen molar-refractivity contribution >= 4 is 11.8 Å². The third kappa shape index (κ3) is 5.59. The van der Waals surface area contributed by atoms with Crippen molar-refractivity contribution in [3.63, 3.8) is 0 Å². The first kappa shape index (κ1) is 10.8. The van der Waals surface area contributed by atoms with Gasteiger partial charge in [0.1, 0.15) is 6.42 Å². The fourth-order valence-electron chi connectivity index (χ4n) is 0.406. The van der Waals surface area contributed by atoms with Crippen LogP contribution in [0, 0.1) is 0 Å². The van der Waals surface area contributed by atoms with Crippen LogP contribution in [0.15, 0.2) is 0 Å². The maximum absolute atomic E-state index is 10.7. The summed E-state index contributed by atoms with van der Waals surface area (Å²) in [6.07, 6.45) is -0.337. The lowest BCUT2D eigenvalue weighted by atomic mass is 10.4. The summed E-state index contributed by atoms with van der Waals surface area (Å²) in [6.45, 7) is 2.15. The highest BCUT2D eigenvalue weighted by Crippen LogP contribution is 1.75. The fourth-order valence-corrected chi connectivity index (χ4v) is 0.406. The Balaban J connectivity index is 3.40. The molecule has 0 aliphatic rings. The van der Waals surface area contributed by atoms with E-state index in [1.807, 2.05) is 5.43 Å². The number of hydrogen-bond donors (Lipinski definition) is 4. The van der Waals surface area contributed by atoms with Gasteiger partial charge in [0.2, 0.25) is 11.8 Å². The summed E-state index contributed by atoms with van der Waals surface area (Å²) in [7, 11) is 0. The topological polar surface area (TPSA) is 105 Å². The number of carbonyl (C=O) groups is 2. The second-order valence-electron chi connectivity index (χ2n) is 1.83. The van der Waals surface area contributed by atoms with E-state index in [0.717, 1.165) is 0 Å². The van der Waals surface area contributed by atoms with E-state index in [-0.39, 0.29) is 6.42 Å². The highest BCUT2D eigenvalue weighted by Gasteiger charge is 2.06. The standard InChI is InChI=1S/C5H12N4O3/c1-2-12-9-8-5(11)3-4(10)7-6/h9H,2-3,6H2,1H3,(H,7,10)(H,8,11). The third-order valence-corrected chi connectivity index (χ3v) is 0.889. The van der Waals surface area contributed by atoms with Gasteiger partial charge in [-0.25, -0.2) is 5.84 Å². The molecule has 0 aliphatic carbocycles. The molecule has 0 bridgehead atoms. The number of hydrazine groups is 2. The van der Waals surface area contributed by atoms with Crippen molar-refractivity contribution in [1.29, 1.82) is 0 Å². The molecule has 0 saturated heterocycles. The molecule has 7 nitrogen and oxygen atoms in total. The van der Waals surface area contributed by atoms with Crippen molar-refractivity contribution in [3.8, 4) is 0 Å². The van der Waals surface area contributed by atoms with Crippen molar-refractivity contribution < 1.29 is 14.4 Å². The lowest BCUT2D eigenvalue weighted by Gasteiger charge is -2.04. The summed E-state index contributed by atoms with van der Waals surface area (Å²) in [6, 6.07) is 0. The van der Waals surface area contributed by atoms with Crippen molar-refractivity contribution in [2.24, 2.45) is 5.84 Å². The molecule has 0 aliphatic heterocycles. The van der Waals surface area contributed by atoms with Crippen LogP contribution in [0.1, 0.15) is 13.3 Å². The molecule has 0 radical (unpaired) electrons. The van der Waals surface area contributed by atoms with Crippen LogP contribution in [0.2, 0.25) is 0 Å². The average molecular weight is 176 g/mol. The Bertz CT molecular complexity index is 161. The maximum Gasteiger partial charge on any atom is 0.245 e. The van der Waals surface area contributed by atoms with E-state index in [1.165, 1.54) is 0 Å². The minimum atomic E-state index is -0.564. The molecule has 0 aromatic carbocycles. The number of hydrogen-bond acceptors (Lipinski definition) is 5. The van der Waals surface area contributed by atoms with Crippen molar-refractivity contribution in [3.05, 3.63) is 0 Å². The van der Waals surface area contributed by atoms with E-state index in [4.69, 9.17) is 5.84 Å². The number of nitrogens with two attached hydrogens (primary N) is 1. The van der Waals surface area contributed by atoms with Gasteiger partial charge in [0.15, 0.2) is 0 Å². The van der Waals surface area contributed by atoms with E-state index in [0.29, 0.717) is 6.61 Å². The van der Waals surface area contributed by atoms with Crippen LogP contribution < -0.4 is 22.3 Å². The Morgan fingerprint density at radius 3 is 2.58 bits per heavy atom. The summed E-state index contributed by atoms with van der Waals surface area (Å²) >= 11 is 0. The van der Waals surface area contributed by atoms with Crippen molar-refractivity contribution in [2.45, 2.75) is 13.3 Å². The van der Waals surface area contributed by atoms with Gasteiger partial charge in [0, 0.05) is 0 Å². The number of nitrogens with one attached hydrogen (secondary N) is 3. The summed E-state index contributed by atoms with van der Waals surface area (Å²) in [4.78, 5) is 25.8. The lowest BCUT2D eigenvalue weighted by molar-refractivity contribution is -0.132. The van der Waals surface area contributed by atoms with Gasteiger partial charge < -0.3 is 0 Å². The van der Waals surface area contributed by atoms with Crippen LogP contribution in [0.3, 0.4) is 0 Å². The molecule has 0 aromatic rings. The smallest absolute Gasteiger partial charge is 0.245 e. The molecule has 0 rings (SSSR count). The Morgan fingerprint density at radius 2 is 2.08 bits per heavy atom. The molecule has 0 saturated carbocycles. The van der Waals surface area contributed by atoms with E-state index >= 15 is 0 Å². The van der Waals surface area contributed by atoms with Gasteiger partial charge in [-0.1, -0.05) is 0 Å². The van der Waals surface area contributed by atoms with Gasteiger partial charge in [-0.15, -0.1) is 5.59 Å². The summed E-state index contributed by atoms with van der Waals surface area (Å²) < 4.78 is 0. The van der Waals surface area contributed by atoms with Crippen LogP contribution in [0.4, 0.5) is 0 Å². The maximum atomic E-state index is 10.7. The second kappa shape index (κ2) is 6.53. The van der Waals surface area contributed by atoms with Crippen molar-refractivity contribution in [1.82, 2.24) is 16.4 Å². The van der Waals surface area contributed by atoms with Crippen molar-refractivity contribution in [2.75, 3.05) is 6.61 Å². The zero-order valence-electron chi connectivity index (χ0n) is 6.72. The molecular weight excluding hydrogens is 164 g/mol. The van der Waals surface area contributed by atoms with Gasteiger partial charge in [0.05, 0.1) is 6.61 Å². The molecule has 0 fully saturated rings. The van der Waals surface area contributed by atoms with Gasteiger partial charge in [-0.2, -0.15) is 0 Å². The Morgan fingerprint density at radius 1 is 1.42 bits per heavy atom. The van der Waals surface area contributed by atoms with Crippen LogP contribution in [0.5, 0.6) is 0 Å². The summed E-state index contributed by atoms with van der Waals surface area (Å²) in [5.74, 6) is 3.66. The monoisotopic (exact) mass is 176 g/mol. The largest absolute Gasteiger partial charge is 0.294 e. The van der Waals surface area contributed by atoms with E-state index in [1.54, 1.807) is 6.92 Å². The number of amides is 2. The summed E-state index contributed by atoms with van der Waals surface area (Å²) in [5, 5.41) is 0. The van der Waals surface area contributed by atoms with Crippen LogP contribution >= 0.6 is 0 Å². The molecule has 0 heterocycles. The van der Waals surface area contributed by atoms with E-state index in [9.17, 15) is 9.59 Å². The predicted molar refractivity (Wildman–Crippen MR) is 39.9 cm³/mol. The highest BCUT2D eigenvalue weighted by atomic mass is 16.7. The predicted octanol–water partition coefficient (Wildman–Crippen LogP) is -2.06. The first-order valence-corrected chi connectivity index (χ1v) is 3.35. The Hall–Kier alpha value is -1.18. The minimum absolute atomic E-state index is 0.337. The molecule has 12 heavy (non-hydrogen) atoms. The molecular formula is C5H12N4O3. The quantitative estimate of drug-likeness (QED) is 0.127. The molecule has 0 unspecified atom stereocenters. The van der Waals surface area contributed by atoms with Gasteiger partial charge in [-0.05, 0) is 6.92 Å². The van der Waals surface area contributed by atoms with E-state index in [2.05, 4.69) is 15.9 Å². The first-order valence-electron chi connectivity index (χ1n) is 3.35. The zero-order valence-corrected chi connectivity index (χ0v) is 6.72. The molecule has 0 aromatic heterocycles. The van der Waals surface area contributed by atoms with Gasteiger partial charge in [-0.3, -0.25) is 25.3 Å². The number of carbonyl (C=O) groups excluding carboxylic acids is 2.